The van der Waals surface area contributed by atoms with Crippen LogP contribution in [0.5, 0.6) is 5.75 Å². The predicted molar refractivity (Wildman–Crippen MR) is 68.9 cm³/mol. The Hall–Kier alpha value is -1.06. The van der Waals surface area contributed by atoms with Gasteiger partial charge in [0.15, 0.2) is 0 Å². The van der Waals surface area contributed by atoms with Crippen LogP contribution in [0.25, 0.3) is 0 Å². The summed E-state index contributed by atoms with van der Waals surface area (Å²) in [6, 6.07) is 8.01. The van der Waals surface area contributed by atoms with Crippen LogP contribution >= 0.6 is 0 Å². The maximum absolute atomic E-state index is 10.3. The van der Waals surface area contributed by atoms with Crippen LogP contribution in [0.1, 0.15) is 37.2 Å². The molecule has 0 spiro atoms. The molecule has 1 fully saturated rings. The van der Waals surface area contributed by atoms with Crippen molar-refractivity contribution in [3.8, 4) is 5.75 Å². The molecule has 0 aliphatic carbocycles. The molecule has 2 aliphatic rings. The molecule has 18 heavy (non-hydrogen) atoms. The second-order valence-corrected chi connectivity index (χ2v) is 5.24. The summed E-state index contributed by atoms with van der Waals surface area (Å²) in [5.41, 5.74) is 1.15. The third-order valence-corrected chi connectivity index (χ3v) is 4.01. The number of benzene rings is 1. The number of hydrogen-bond donors (Lipinski definition) is 1. The molecular weight excluding hydrogens is 228 g/mol. The van der Waals surface area contributed by atoms with Crippen LogP contribution in [0.3, 0.4) is 0 Å². The number of rotatable bonds is 4. The number of ether oxygens (including phenoxy) is 2. The Balaban J connectivity index is 1.58. The summed E-state index contributed by atoms with van der Waals surface area (Å²) in [6.45, 7) is 1.49. The molecule has 3 rings (SSSR count). The van der Waals surface area contributed by atoms with Crippen LogP contribution in [0, 0.1) is 0 Å². The summed E-state index contributed by atoms with van der Waals surface area (Å²) in [5, 5.41) is 10.3. The Morgan fingerprint density at radius 1 is 1.33 bits per heavy atom. The van der Waals surface area contributed by atoms with Crippen molar-refractivity contribution in [2.45, 2.75) is 43.8 Å². The molecule has 1 saturated heterocycles. The lowest BCUT2D eigenvalue weighted by atomic mass is 9.91. The Bertz CT molecular complexity index is 398. The van der Waals surface area contributed by atoms with Gasteiger partial charge in [-0.15, -0.1) is 0 Å². The zero-order valence-electron chi connectivity index (χ0n) is 10.5. The Morgan fingerprint density at radius 2 is 2.22 bits per heavy atom. The first-order chi connectivity index (χ1) is 8.84. The molecule has 2 aliphatic heterocycles. The van der Waals surface area contributed by atoms with Gasteiger partial charge >= 0.3 is 0 Å². The molecule has 0 amide bonds. The highest BCUT2D eigenvalue weighted by Crippen LogP contribution is 2.37. The van der Waals surface area contributed by atoms with Crippen molar-refractivity contribution in [1.82, 2.24) is 0 Å². The standard InChI is InChI=1S/C15H20O3/c16-14(8-7-11-4-3-9-17-11)13-10-18-15-6-2-1-5-12(13)15/h1-2,5-6,11,13-14,16H,3-4,7-10H2. The maximum Gasteiger partial charge on any atom is 0.123 e. The van der Waals surface area contributed by atoms with Gasteiger partial charge in [-0.05, 0) is 31.7 Å². The van der Waals surface area contributed by atoms with Crippen LogP contribution in [-0.4, -0.2) is 30.5 Å². The minimum absolute atomic E-state index is 0.127. The summed E-state index contributed by atoms with van der Waals surface area (Å²) < 4.78 is 11.2. The molecule has 3 unspecified atom stereocenters. The van der Waals surface area contributed by atoms with Crippen molar-refractivity contribution in [1.29, 1.82) is 0 Å². The van der Waals surface area contributed by atoms with Crippen molar-refractivity contribution < 1.29 is 14.6 Å². The zero-order chi connectivity index (χ0) is 12.4. The fourth-order valence-electron chi connectivity index (χ4n) is 2.94. The van der Waals surface area contributed by atoms with Gasteiger partial charge in [0.05, 0.1) is 18.8 Å². The lowest BCUT2D eigenvalue weighted by Gasteiger charge is -2.18. The number of aliphatic hydroxyl groups excluding tert-OH is 1. The first-order valence-corrected chi connectivity index (χ1v) is 6.86. The summed E-state index contributed by atoms with van der Waals surface area (Å²) in [4.78, 5) is 0. The Morgan fingerprint density at radius 3 is 3.06 bits per heavy atom. The molecule has 1 aromatic carbocycles. The molecule has 0 bridgehead atoms. The third-order valence-electron chi connectivity index (χ3n) is 4.01. The number of para-hydroxylation sites is 1. The van der Waals surface area contributed by atoms with Crippen molar-refractivity contribution in [2.75, 3.05) is 13.2 Å². The zero-order valence-corrected chi connectivity index (χ0v) is 10.5. The molecule has 1 aromatic rings. The Kier molecular flexibility index (Phi) is 3.52. The fraction of sp³-hybridized carbons (Fsp3) is 0.600. The van der Waals surface area contributed by atoms with Gasteiger partial charge in [-0.25, -0.2) is 0 Å². The highest BCUT2D eigenvalue weighted by molar-refractivity contribution is 5.40. The smallest absolute Gasteiger partial charge is 0.123 e. The van der Waals surface area contributed by atoms with Gasteiger partial charge in [-0.2, -0.15) is 0 Å². The van der Waals surface area contributed by atoms with Crippen molar-refractivity contribution >= 4 is 0 Å². The molecule has 1 N–H and O–H groups in total. The first kappa shape index (κ1) is 12.0. The van der Waals surface area contributed by atoms with E-state index >= 15 is 0 Å². The van der Waals surface area contributed by atoms with E-state index in [1.165, 1.54) is 0 Å². The molecule has 0 radical (unpaired) electrons. The second-order valence-electron chi connectivity index (χ2n) is 5.24. The monoisotopic (exact) mass is 248 g/mol. The summed E-state index contributed by atoms with van der Waals surface area (Å²) in [6.07, 6.45) is 4.10. The predicted octanol–water partition coefficient (Wildman–Crippen LogP) is 2.48. The van der Waals surface area contributed by atoms with E-state index in [1.54, 1.807) is 0 Å². The summed E-state index contributed by atoms with van der Waals surface area (Å²) in [7, 11) is 0. The van der Waals surface area contributed by atoms with E-state index < -0.39 is 0 Å². The van der Waals surface area contributed by atoms with E-state index in [2.05, 4.69) is 6.07 Å². The van der Waals surface area contributed by atoms with Crippen LogP contribution in [-0.2, 0) is 4.74 Å². The van der Waals surface area contributed by atoms with E-state index in [4.69, 9.17) is 9.47 Å². The summed E-state index contributed by atoms with van der Waals surface area (Å²) >= 11 is 0. The van der Waals surface area contributed by atoms with Crippen molar-refractivity contribution in [3.05, 3.63) is 29.8 Å². The van der Waals surface area contributed by atoms with Crippen LogP contribution in [0.4, 0.5) is 0 Å². The minimum Gasteiger partial charge on any atom is -0.493 e. The minimum atomic E-state index is -0.321. The number of aliphatic hydroxyl groups is 1. The highest BCUT2D eigenvalue weighted by atomic mass is 16.5. The lowest BCUT2D eigenvalue weighted by molar-refractivity contribution is 0.0694. The third kappa shape index (κ3) is 2.38. The van der Waals surface area contributed by atoms with E-state index in [1.807, 2.05) is 18.2 Å². The second kappa shape index (κ2) is 5.29. The van der Waals surface area contributed by atoms with Gasteiger partial charge in [0.1, 0.15) is 5.75 Å². The van der Waals surface area contributed by atoms with Gasteiger partial charge in [-0.1, -0.05) is 18.2 Å². The molecule has 3 heteroatoms. The topological polar surface area (TPSA) is 38.7 Å². The largest absolute Gasteiger partial charge is 0.493 e. The van der Waals surface area contributed by atoms with Gasteiger partial charge in [0.25, 0.3) is 0 Å². The van der Waals surface area contributed by atoms with Crippen molar-refractivity contribution in [2.24, 2.45) is 0 Å². The molecular formula is C15H20O3. The quantitative estimate of drug-likeness (QED) is 0.889. The van der Waals surface area contributed by atoms with Gasteiger partial charge in [0.2, 0.25) is 0 Å². The number of fused-ring (bicyclic) bond motifs is 1. The highest BCUT2D eigenvalue weighted by Gasteiger charge is 2.30. The van der Waals surface area contributed by atoms with Crippen LogP contribution < -0.4 is 4.74 Å². The number of hydrogen-bond acceptors (Lipinski definition) is 3. The van der Waals surface area contributed by atoms with Gasteiger partial charge < -0.3 is 14.6 Å². The first-order valence-electron chi connectivity index (χ1n) is 6.86. The average Bonchev–Trinajstić information content (AvgIpc) is 3.05. The van der Waals surface area contributed by atoms with Gasteiger partial charge in [0, 0.05) is 18.1 Å². The summed E-state index contributed by atoms with van der Waals surface area (Å²) in [5.74, 6) is 1.06. The van der Waals surface area contributed by atoms with Crippen molar-refractivity contribution in [3.63, 3.8) is 0 Å². The maximum atomic E-state index is 10.3. The van der Waals surface area contributed by atoms with E-state index in [9.17, 15) is 5.11 Å². The van der Waals surface area contributed by atoms with E-state index in [-0.39, 0.29) is 12.0 Å². The molecule has 3 nitrogen and oxygen atoms in total. The van der Waals surface area contributed by atoms with E-state index in [0.29, 0.717) is 12.7 Å². The SMILES string of the molecule is OC(CCC1CCCO1)C1COc2ccccc21. The fourth-order valence-corrected chi connectivity index (χ4v) is 2.94. The average molecular weight is 248 g/mol. The molecule has 98 valence electrons. The lowest BCUT2D eigenvalue weighted by Crippen LogP contribution is -2.21. The molecule has 3 atom stereocenters. The normalized spacial score (nSPS) is 27.8. The van der Waals surface area contributed by atoms with Crippen LogP contribution in [0.15, 0.2) is 24.3 Å². The van der Waals surface area contributed by atoms with Gasteiger partial charge in [-0.3, -0.25) is 0 Å². The molecule has 2 heterocycles. The van der Waals surface area contributed by atoms with E-state index in [0.717, 1.165) is 43.6 Å². The molecule has 0 aromatic heterocycles. The van der Waals surface area contributed by atoms with Crippen LogP contribution in [0.2, 0.25) is 0 Å². The molecule has 0 saturated carbocycles. The Labute approximate surface area is 108 Å².